The highest BCUT2D eigenvalue weighted by Gasteiger charge is 2.25. The van der Waals surface area contributed by atoms with E-state index in [1.807, 2.05) is 0 Å². The molecule has 0 saturated heterocycles. The molecule has 2 amide bonds. The highest BCUT2D eigenvalue weighted by Crippen LogP contribution is 2.38. The molecule has 5 nitrogen and oxygen atoms in total. The number of thiophene rings is 1. The Morgan fingerprint density at radius 2 is 2.10 bits per heavy atom. The molecular weight excluding hydrogens is 288 g/mol. The maximum Gasteiger partial charge on any atom is 0.259 e. The lowest BCUT2D eigenvalue weighted by Gasteiger charge is -2.11. The Balaban J connectivity index is 1.95. The molecule has 2 heterocycles. The quantitative estimate of drug-likeness (QED) is 0.914. The van der Waals surface area contributed by atoms with Gasteiger partial charge in [0, 0.05) is 4.88 Å². The van der Waals surface area contributed by atoms with Gasteiger partial charge in [-0.05, 0) is 44.2 Å². The molecule has 0 unspecified atom stereocenters. The van der Waals surface area contributed by atoms with Crippen molar-refractivity contribution in [3.05, 3.63) is 39.7 Å². The predicted molar refractivity (Wildman–Crippen MR) is 80.9 cm³/mol. The number of nitrogens with two attached hydrogens (primary N) is 1. The average Bonchev–Trinajstić information content (AvgIpc) is 3.01. The van der Waals surface area contributed by atoms with Crippen LogP contribution in [0.2, 0.25) is 0 Å². The van der Waals surface area contributed by atoms with E-state index in [4.69, 9.17) is 10.2 Å². The van der Waals surface area contributed by atoms with Crippen LogP contribution in [0.5, 0.6) is 0 Å². The molecule has 0 bridgehead atoms. The van der Waals surface area contributed by atoms with E-state index in [9.17, 15) is 9.59 Å². The first-order valence-electron chi connectivity index (χ1n) is 6.87. The Morgan fingerprint density at radius 3 is 2.76 bits per heavy atom. The Labute approximate surface area is 126 Å². The van der Waals surface area contributed by atoms with Gasteiger partial charge < -0.3 is 15.5 Å². The molecule has 110 valence electrons. The number of furan rings is 1. The van der Waals surface area contributed by atoms with Crippen molar-refractivity contribution >= 4 is 28.2 Å². The highest BCUT2D eigenvalue weighted by atomic mass is 32.1. The van der Waals surface area contributed by atoms with Crippen LogP contribution in [0.25, 0.3) is 0 Å². The molecule has 2 aromatic rings. The summed E-state index contributed by atoms with van der Waals surface area (Å²) in [4.78, 5) is 25.2. The molecule has 3 N–H and O–H groups in total. The zero-order chi connectivity index (χ0) is 15.0. The zero-order valence-corrected chi connectivity index (χ0v) is 12.5. The van der Waals surface area contributed by atoms with Crippen LogP contribution in [-0.2, 0) is 12.8 Å². The molecule has 0 aromatic carbocycles. The van der Waals surface area contributed by atoms with Gasteiger partial charge in [0.25, 0.3) is 11.8 Å². The van der Waals surface area contributed by atoms with Crippen LogP contribution in [0.4, 0.5) is 5.00 Å². The number of amides is 2. The number of primary amides is 1. The van der Waals surface area contributed by atoms with Crippen molar-refractivity contribution < 1.29 is 14.0 Å². The fourth-order valence-corrected chi connectivity index (χ4v) is 4.00. The lowest BCUT2D eigenvalue weighted by Crippen LogP contribution is -2.18. The molecular formula is C15H16N2O3S. The Kier molecular flexibility index (Phi) is 3.55. The topological polar surface area (TPSA) is 85.3 Å². The summed E-state index contributed by atoms with van der Waals surface area (Å²) in [6.45, 7) is 1.73. The summed E-state index contributed by atoms with van der Waals surface area (Å²) in [5.41, 5.74) is 7.46. The van der Waals surface area contributed by atoms with Gasteiger partial charge in [-0.3, -0.25) is 9.59 Å². The van der Waals surface area contributed by atoms with Crippen molar-refractivity contribution in [1.82, 2.24) is 0 Å². The van der Waals surface area contributed by atoms with Crippen LogP contribution in [0.15, 0.2) is 16.7 Å². The molecule has 1 aliphatic carbocycles. The first-order valence-corrected chi connectivity index (χ1v) is 7.69. The van der Waals surface area contributed by atoms with E-state index < -0.39 is 5.91 Å². The maximum atomic E-state index is 12.3. The van der Waals surface area contributed by atoms with Crippen molar-refractivity contribution in [2.45, 2.75) is 32.6 Å². The number of fused-ring (bicyclic) bond motifs is 1. The van der Waals surface area contributed by atoms with E-state index in [-0.39, 0.29) is 5.91 Å². The minimum atomic E-state index is -0.478. The third-order valence-corrected chi connectivity index (χ3v) is 4.96. The second-order valence-corrected chi connectivity index (χ2v) is 6.23. The number of carbonyl (C=O) groups is 2. The lowest BCUT2D eigenvalue weighted by molar-refractivity contribution is 0.100. The number of nitrogens with one attached hydrogen (secondary N) is 1. The predicted octanol–water partition coefficient (Wildman–Crippen LogP) is 2.88. The standard InChI is InChI=1S/C15H16N2O3S/c1-8-9(6-7-20-8)14(19)17-15-12(13(16)18)10-4-2-3-5-11(10)21-15/h6-7H,2-5H2,1H3,(H2,16,18)(H,17,19). The van der Waals surface area contributed by atoms with Crippen LogP contribution in [0.3, 0.4) is 0 Å². The van der Waals surface area contributed by atoms with Crippen molar-refractivity contribution in [3.8, 4) is 0 Å². The Hall–Kier alpha value is -2.08. The van der Waals surface area contributed by atoms with Crippen molar-refractivity contribution in [1.29, 1.82) is 0 Å². The molecule has 21 heavy (non-hydrogen) atoms. The van der Waals surface area contributed by atoms with Gasteiger partial charge in [0.15, 0.2) is 0 Å². The first-order chi connectivity index (χ1) is 10.1. The van der Waals surface area contributed by atoms with Crippen LogP contribution in [0, 0.1) is 6.92 Å². The summed E-state index contributed by atoms with van der Waals surface area (Å²) in [6, 6.07) is 1.61. The van der Waals surface area contributed by atoms with Gasteiger partial charge in [-0.2, -0.15) is 0 Å². The molecule has 0 spiro atoms. The van der Waals surface area contributed by atoms with Crippen molar-refractivity contribution in [2.75, 3.05) is 5.32 Å². The van der Waals surface area contributed by atoms with E-state index in [0.29, 0.717) is 21.9 Å². The minimum Gasteiger partial charge on any atom is -0.469 e. The number of carbonyl (C=O) groups excluding carboxylic acids is 2. The second kappa shape index (κ2) is 5.37. The van der Waals surface area contributed by atoms with E-state index in [1.54, 1.807) is 13.0 Å². The van der Waals surface area contributed by atoms with Gasteiger partial charge in [-0.15, -0.1) is 11.3 Å². The molecule has 2 aromatic heterocycles. The monoisotopic (exact) mass is 304 g/mol. The highest BCUT2D eigenvalue weighted by molar-refractivity contribution is 7.17. The first kappa shape index (κ1) is 13.9. The second-order valence-electron chi connectivity index (χ2n) is 5.12. The van der Waals surface area contributed by atoms with Crippen LogP contribution in [-0.4, -0.2) is 11.8 Å². The van der Waals surface area contributed by atoms with Gasteiger partial charge in [-0.1, -0.05) is 0 Å². The van der Waals surface area contributed by atoms with Gasteiger partial charge in [0.05, 0.1) is 17.4 Å². The van der Waals surface area contributed by atoms with Crippen molar-refractivity contribution in [2.24, 2.45) is 5.73 Å². The molecule has 6 heteroatoms. The molecule has 3 rings (SSSR count). The number of hydrogen-bond donors (Lipinski definition) is 2. The number of rotatable bonds is 3. The average molecular weight is 304 g/mol. The van der Waals surface area contributed by atoms with Gasteiger partial charge >= 0.3 is 0 Å². The lowest BCUT2D eigenvalue weighted by atomic mass is 9.95. The third kappa shape index (κ3) is 2.47. The number of anilines is 1. The summed E-state index contributed by atoms with van der Waals surface area (Å²) in [6.07, 6.45) is 5.43. The van der Waals surface area contributed by atoms with Crippen LogP contribution < -0.4 is 11.1 Å². The summed E-state index contributed by atoms with van der Waals surface area (Å²) in [5, 5.41) is 3.37. The molecule has 0 saturated carbocycles. The number of hydrogen-bond acceptors (Lipinski definition) is 4. The van der Waals surface area contributed by atoms with Gasteiger partial charge in [0.1, 0.15) is 10.8 Å². The Bertz CT molecular complexity index is 715. The summed E-state index contributed by atoms with van der Waals surface area (Å²) < 4.78 is 5.13. The SMILES string of the molecule is Cc1occc1C(=O)Nc1sc2c(c1C(N)=O)CCCC2. The summed E-state index contributed by atoms with van der Waals surface area (Å²) in [7, 11) is 0. The molecule has 0 atom stereocenters. The van der Waals surface area contributed by atoms with Crippen molar-refractivity contribution in [3.63, 3.8) is 0 Å². The normalized spacial score (nSPS) is 13.8. The molecule has 0 radical (unpaired) electrons. The van der Waals surface area contributed by atoms with E-state index in [2.05, 4.69) is 5.32 Å². The fraction of sp³-hybridized carbons (Fsp3) is 0.333. The molecule has 0 fully saturated rings. The zero-order valence-electron chi connectivity index (χ0n) is 11.7. The van der Waals surface area contributed by atoms with E-state index in [0.717, 1.165) is 36.1 Å². The third-order valence-electron chi connectivity index (χ3n) is 3.75. The summed E-state index contributed by atoms with van der Waals surface area (Å²) >= 11 is 1.46. The minimum absolute atomic E-state index is 0.276. The van der Waals surface area contributed by atoms with Crippen LogP contribution in [0.1, 0.15) is 49.8 Å². The van der Waals surface area contributed by atoms with Gasteiger partial charge in [-0.25, -0.2) is 0 Å². The Morgan fingerprint density at radius 1 is 1.33 bits per heavy atom. The molecule has 0 aliphatic heterocycles. The van der Waals surface area contributed by atoms with E-state index in [1.165, 1.54) is 17.6 Å². The fourth-order valence-electron chi connectivity index (χ4n) is 2.71. The largest absolute Gasteiger partial charge is 0.469 e. The van der Waals surface area contributed by atoms with Gasteiger partial charge in [0.2, 0.25) is 0 Å². The van der Waals surface area contributed by atoms with E-state index >= 15 is 0 Å². The smallest absolute Gasteiger partial charge is 0.259 e. The van der Waals surface area contributed by atoms with Crippen LogP contribution >= 0.6 is 11.3 Å². The summed E-state index contributed by atoms with van der Waals surface area (Å²) in [5.74, 6) is -0.203. The number of aryl methyl sites for hydroxylation is 2. The molecule has 1 aliphatic rings. The maximum absolute atomic E-state index is 12.3.